The predicted octanol–water partition coefficient (Wildman–Crippen LogP) is 3.66. The van der Waals surface area contributed by atoms with E-state index in [1.165, 1.54) is 6.07 Å². The zero-order valence-electron chi connectivity index (χ0n) is 15.9. The molecule has 2 saturated heterocycles. The van der Waals surface area contributed by atoms with E-state index in [4.69, 9.17) is 0 Å². The van der Waals surface area contributed by atoms with E-state index in [9.17, 15) is 9.18 Å². The fourth-order valence-electron chi connectivity index (χ4n) is 4.65. The number of likely N-dealkylation sites (tertiary alicyclic amines) is 1. The van der Waals surface area contributed by atoms with Crippen molar-refractivity contribution in [3.63, 3.8) is 0 Å². The minimum atomic E-state index is -0.266. The molecule has 2 aliphatic rings. The molecule has 2 aromatic heterocycles. The van der Waals surface area contributed by atoms with E-state index in [1.807, 2.05) is 46.7 Å². The number of carbonyl (C=O) groups is 1. The van der Waals surface area contributed by atoms with Crippen LogP contribution in [0, 0.1) is 24.6 Å². The zero-order valence-corrected chi connectivity index (χ0v) is 17.5. The van der Waals surface area contributed by atoms with Crippen molar-refractivity contribution in [3.05, 3.63) is 71.4 Å². The molecule has 0 spiro atoms. The summed E-state index contributed by atoms with van der Waals surface area (Å²) in [5.41, 5.74) is 3.10. The number of rotatable bonds is 2. The number of hydrogen-bond donors (Lipinski definition) is 1. The Hall–Kier alpha value is -2.15. The molecule has 1 N–H and O–H groups in total. The van der Waals surface area contributed by atoms with Gasteiger partial charge in [0.25, 0.3) is 5.91 Å². The van der Waals surface area contributed by atoms with E-state index in [1.54, 1.807) is 12.1 Å². The van der Waals surface area contributed by atoms with Crippen molar-refractivity contribution < 1.29 is 9.18 Å². The van der Waals surface area contributed by atoms with Gasteiger partial charge in [0.2, 0.25) is 0 Å². The molecule has 0 unspecified atom stereocenters. The Morgan fingerprint density at radius 3 is 2.72 bits per heavy atom. The van der Waals surface area contributed by atoms with Gasteiger partial charge >= 0.3 is 0 Å². The Bertz CT molecular complexity index is 1040. The third kappa shape index (κ3) is 3.61. The fourth-order valence-corrected chi connectivity index (χ4v) is 4.65. The molecule has 154 valence electrons. The molecule has 4 heterocycles. The second-order valence-electron chi connectivity index (χ2n) is 7.56. The summed E-state index contributed by atoms with van der Waals surface area (Å²) >= 11 is 0. The van der Waals surface area contributed by atoms with Crippen molar-refractivity contribution in [2.75, 3.05) is 19.6 Å². The minimum Gasteiger partial charge on any atom is -0.330 e. The first kappa shape index (κ1) is 21.6. The molecular formula is C21H23Cl2FN4O. The van der Waals surface area contributed by atoms with Crippen LogP contribution in [-0.4, -0.2) is 39.8 Å². The Morgan fingerprint density at radius 1 is 1.17 bits per heavy atom. The first-order valence-corrected chi connectivity index (χ1v) is 9.34. The predicted molar refractivity (Wildman–Crippen MR) is 114 cm³/mol. The van der Waals surface area contributed by atoms with E-state index in [0.717, 1.165) is 30.0 Å². The molecule has 8 heteroatoms. The third-order valence-electron chi connectivity index (χ3n) is 5.93. The summed E-state index contributed by atoms with van der Waals surface area (Å²) in [5.74, 6) is 0.343. The van der Waals surface area contributed by atoms with Gasteiger partial charge in [0.05, 0.1) is 6.04 Å². The highest BCUT2D eigenvalue weighted by Gasteiger charge is 2.47. The summed E-state index contributed by atoms with van der Waals surface area (Å²) < 4.78 is 15.8. The van der Waals surface area contributed by atoms with Gasteiger partial charge in [-0.15, -0.1) is 24.8 Å². The van der Waals surface area contributed by atoms with Crippen LogP contribution in [0.3, 0.4) is 0 Å². The van der Waals surface area contributed by atoms with Gasteiger partial charge in [0.15, 0.2) is 0 Å². The van der Waals surface area contributed by atoms with Crippen molar-refractivity contribution in [2.45, 2.75) is 13.0 Å². The van der Waals surface area contributed by atoms with Gasteiger partial charge in [-0.3, -0.25) is 4.79 Å². The lowest BCUT2D eigenvalue weighted by atomic mass is 9.89. The molecule has 0 aliphatic carbocycles. The van der Waals surface area contributed by atoms with Gasteiger partial charge in [-0.2, -0.15) is 0 Å². The van der Waals surface area contributed by atoms with Crippen LogP contribution >= 0.6 is 24.8 Å². The number of pyridine rings is 1. The monoisotopic (exact) mass is 436 g/mol. The van der Waals surface area contributed by atoms with Gasteiger partial charge < -0.3 is 14.6 Å². The van der Waals surface area contributed by atoms with Gasteiger partial charge in [0, 0.05) is 37.4 Å². The number of nitrogens with one attached hydrogen (secondary N) is 1. The highest BCUT2D eigenvalue weighted by molar-refractivity contribution is 5.93. The van der Waals surface area contributed by atoms with Crippen LogP contribution < -0.4 is 5.32 Å². The van der Waals surface area contributed by atoms with E-state index in [2.05, 4.69) is 10.3 Å². The highest BCUT2D eigenvalue weighted by Crippen LogP contribution is 2.43. The molecule has 2 fully saturated rings. The molecule has 0 radical (unpaired) electrons. The van der Waals surface area contributed by atoms with Crippen molar-refractivity contribution >= 4 is 36.4 Å². The molecule has 1 amide bonds. The first-order chi connectivity index (χ1) is 13.1. The average Bonchev–Trinajstić information content (AvgIpc) is 3.35. The Kier molecular flexibility index (Phi) is 6.17. The maximum atomic E-state index is 13.9. The molecule has 3 aromatic rings. The highest BCUT2D eigenvalue weighted by atomic mass is 35.5. The second-order valence-corrected chi connectivity index (χ2v) is 7.56. The molecule has 5 rings (SSSR count). The number of carbonyl (C=O) groups excluding carboxylic acids is 1. The minimum absolute atomic E-state index is 0. The van der Waals surface area contributed by atoms with Gasteiger partial charge in [0.1, 0.15) is 17.2 Å². The Morgan fingerprint density at radius 2 is 1.97 bits per heavy atom. The molecule has 0 saturated carbocycles. The largest absolute Gasteiger partial charge is 0.330 e. The van der Waals surface area contributed by atoms with Crippen molar-refractivity contribution in [1.82, 2.24) is 19.6 Å². The number of fused-ring (bicyclic) bond motifs is 2. The normalized spacial score (nSPS) is 22.8. The lowest BCUT2D eigenvalue weighted by Gasteiger charge is -2.28. The number of aryl methyl sites for hydroxylation is 1. The van der Waals surface area contributed by atoms with E-state index >= 15 is 0 Å². The summed E-state index contributed by atoms with van der Waals surface area (Å²) in [6, 6.07) is 12.3. The topological polar surface area (TPSA) is 49.6 Å². The quantitative estimate of drug-likeness (QED) is 0.666. The number of imidazole rings is 1. The standard InChI is InChI=1S/C21H21FN4O.2ClH/c1-13-4-2-7-19-24-18(12-25(13)19)21(27)26-11-15-9-23-10-17(15)20(26)14-5-3-6-16(22)8-14;;/h2-8,12,15,17,20,23H,9-11H2,1H3;2*1H/t15-,17-,20+;;/m0../s1. The lowest BCUT2D eigenvalue weighted by Crippen LogP contribution is -2.35. The van der Waals surface area contributed by atoms with E-state index in [-0.39, 0.29) is 42.6 Å². The van der Waals surface area contributed by atoms with E-state index < -0.39 is 0 Å². The Balaban J connectivity index is 0.00000120. The smallest absolute Gasteiger partial charge is 0.274 e. The van der Waals surface area contributed by atoms with Crippen LogP contribution in [0.5, 0.6) is 0 Å². The van der Waals surface area contributed by atoms with Crippen molar-refractivity contribution in [2.24, 2.45) is 11.8 Å². The van der Waals surface area contributed by atoms with E-state index in [0.29, 0.717) is 24.1 Å². The van der Waals surface area contributed by atoms with Gasteiger partial charge in [-0.25, -0.2) is 9.37 Å². The summed E-state index contributed by atoms with van der Waals surface area (Å²) in [6.45, 7) is 4.40. The summed E-state index contributed by atoms with van der Waals surface area (Å²) in [5, 5.41) is 3.42. The number of amides is 1. The third-order valence-corrected chi connectivity index (χ3v) is 5.93. The summed E-state index contributed by atoms with van der Waals surface area (Å²) in [6.07, 6.45) is 1.81. The van der Waals surface area contributed by atoms with Crippen LogP contribution in [0.2, 0.25) is 0 Å². The lowest BCUT2D eigenvalue weighted by molar-refractivity contribution is 0.0708. The van der Waals surface area contributed by atoms with Crippen LogP contribution in [0.15, 0.2) is 48.7 Å². The summed E-state index contributed by atoms with van der Waals surface area (Å²) in [7, 11) is 0. The average molecular weight is 437 g/mol. The van der Waals surface area contributed by atoms with Crippen LogP contribution in [0.4, 0.5) is 4.39 Å². The first-order valence-electron chi connectivity index (χ1n) is 9.34. The van der Waals surface area contributed by atoms with Crippen LogP contribution in [0.25, 0.3) is 5.65 Å². The molecule has 0 bridgehead atoms. The zero-order chi connectivity index (χ0) is 18.5. The van der Waals surface area contributed by atoms with Gasteiger partial charge in [-0.05, 0) is 42.7 Å². The van der Waals surface area contributed by atoms with Gasteiger partial charge in [-0.1, -0.05) is 18.2 Å². The molecule has 3 atom stereocenters. The van der Waals surface area contributed by atoms with Crippen molar-refractivity contribution in [3.8, 4) is 0 Å². The number of hydrogen-bond acceptors (Lipinski definition) is 3. The molecule has 1 aromatic carbocycles. The van der Waals surface area contributed by atoms with Crippen LogP contribution in [-0.2, 0) is 0 Å². The molecule has 5 nitrogen and oxygen atoms in total. The summed E-state index contributed by atoms with van der Waals surface area (Å²) in [4.78, 5) is 19.8. The number of aromatic nitrogens is 2. The fraction of sp³-hybridized carbons (Fsp3) is 0.333. The maximum absolute atomic E-state index is 13.9. The number of benzene rings is 1. The molecule has 2 aliphatic heterocycles. The van der Waals surface area contributed by atoms with Crippen molar-refractivity contribution in [1.29, 1.82) is 0 Å². The number of nitrogens with zero attached hydrogens (tertiary/aromatic N) is 3. The number of halogens is 3. The SMILES string of the molecule is Cc1cccc2nc(C(=O)N3C[C@@H]4CNC[C@@H]4[C@H]3c3cccc(F)c3)cn12.Cl.Cl. The maximum Gasteiger partial charge on any atom is 0.274 e. The van der Waals surface area contributed by atoms with Crippen LogP contribution in [0.1, 0.15) is 27.8 Å². The molecular weight excluding hydrogens is 414 g/mol. The Labute approximate surface area is 181 Å². The second kappa shape index (κ2) is 8.30. The molecule has 29 heavy (non-hydrogen) atoms.